The van der Waals surface area contributed by atoms with Crippen LogP contribution < -0.4 is 4.74 Å². The Morgan fingerprint density at radius 1 is 1.15 bits per heavy atom. The third-order valence-electron chi connectivity index (χ3n) is 3.25. The molecule has 0 aliphatic heterocycles. The van der Waals surface area contributed by atoms with Gasteiger partial charge in [-0.1, -0.05) is 43.7 Å². The van der Waals surface area contributed by atoms with Gasteiger partial charge in [0.15, 0.2) is 5.76 Å². The molecule has 0 radical (unpaired) electrons. The summed E-state index contributed by atoms with van der Waals surface area (Å²) in [5.74, 6) is 1.45. The lowest BCUT2D eigenvalue weighted by Crippen LogP contribution is -1.98. The molecule has 0 atom stereocenters. The first kappa shape index (κ1) is 12.7. The van der Waals surface area contributed by atoms with Crippen molar-refractivity contribution in [3.05, 3.63) is 42.6 Å². The van der Waals surface area contributed by atoms with Crippen molar-refractivity contribution in [3.63, 3.8) is 0 Å². The fourth-order valence-electron chi connectivity index (χ4n) is 2.23. The molecule has 0 aliphatic carbocycles. The van der Waals surface area contributed by atoms with E-state index >= 15 is 0 Å². The standard InChI is InChI=1S/C16H16N2O2/c1-2-3-10-19-14-9-8-12-6-4-5-7-13(12)16(14)15-11-17-18-20-15/h4-9,11H,2-3,10H2,1H3. The van der Waals surface area contributed by atoms with Crippen LogP contribution in [0, 0.1) is 0 Å². The predicted molar refractivity (Wildman–Crippen MR) is 77.6 cm³/mol. The molecule has 0 N–H and O–H groups in total. The van der Waals surface area contributed by atoms with Gasteiger partial charge in [-0.25, -0.2) is 0 Å². The molecule has 20 heavy (non-hydrogen) atoms. The minimum Gasteiger partial charge on any atom is -0.493 e. The average Bonchev–Trinajstić information content (AvgIpc) is 3.01. The van der Waals surface area contributed by atoms with Crippen molar-refractivity contribution < 1.29 is 9.26 Å². The van der Waals surface area contributed by atoms with E-state index < -0.39 is 0 Å². The maximum Gasteiger partial charge on any atom is 0.191 e. The number of benzene rings is 2. The minimum absolute atomic E-state index is 0.633. The summed E-state index contributed by atoms with van der Waals surface area (Å²) in [7, 11) is 0. The van der Waals surface area contributed by atoms with Crippen molar-refractivity contribution in [2.75, 3.05) is 6.61 Å². The maximum atomic E-state index is 5.89. The van der Waals surface area contributed by atoms with Crippen LogP contribution in [0.5, 0.6) is 5.75 Å². The largest absolute Gasteiger partial charge is 0.493 e. The first-order valence-corrected chi connectivity index (χ1v) is 6.82. The molecule has 3 aromatic rings. The molecule has 1 heterocycles. The van der Waals surface area contributed by atoms with Gasteiger partial charge in [0.1, 0.15) is 5.75 Å². The number of hydrogen-bond donors (Lipinski definition) is 0. The molecule has 0 unspecified atom stereocenters. The zero-order valence-corrected chi connectivity index (χ0v) is 11.4. The lowest BCUT2D eigenvalue weighted by atomic mass is 10.0. The summed E-state index contributed by atoms with van der Waals surface area (Å²) in [6.07, 6.45) is 3.75. The van der Waals surface area contributed by atoms with Gasteiger partial charge in [0.25, 0.3) is 0 Å². The predicted octanol–water partition coefficient (Wildman–Crippen LogP) is 4.07. The van der Waals surface area contributed by atoms with Gasteiger partial charge in [0.2, 0.25) is 0 Å². The van der Waals surface area contributed by atoms with Crippen molar-refractivity contribution in [2.45, 2.75) is 19.8 Å². The Bertz CT molecular complexity index is 693. The van der Waals surface area contributed by atoms with E-state index in [2.05, 4.69) is 35.5 Å². The van der Waals surface area contributed by atoms with Crippen LogP contribution in [0.1, 0.15) is 19.8 Å². The smallest absolute Gasteiger partial charge is 0.191 e. The number of nitrogens with zero attached hydrogens (tertiary/aromatic N) is 2. The van der Waals surface area contributed by atoms with E-state index in [1.807, 2.05) is 18.2 Å². The molecule has 2 aromatic carbocycles. The highest BCUT2D eigenvalue weighted by Gasteiger charge is 2.14. The van der Waals surface area contributed by atoms with Crippen molar-refractivity contribution >= 4 is 10.8 Å². The Morgan fingerprint density at radius 3 is 2.85 bits per heavy atom. The maximum absolute atomic E-state index is 5.89. The summed E-state index contributed by atoms with van der Waals surface area (Å²) < 4.78 is 11.1. The third-order valence-corrected chi connectivity index (χ3v) is 3.25. The van der Waals surface area contributed by atoms with Gasteiger partial charge in [-0.15, -0.1) is 5.10 Å². The van der Waals surface area contributed by atoms with E-state index in [4.69, 9.17) is 9.26 Å². The first-order chi connectivity index (χ1) is 9.90. The number of ether oxygens (including phenoxy) is 1. The van der Waals surface area contributed by atoms with Crippen LogP contribution in [0.4, 0.5) is 0 Å². The monoisotopic (exact) mass is 268 g/mol. The molecule has 0 spiro atoms. The summed E-state index contributed by atoms with van der Waals surface area (Å²) in [4.78, 5) is 0. The van der Waals surface area contributed by atoms with Crippen LogP contribution in [0.3, 0.4) is 0 Å². The van der Waals surface area contributed by atoms with Crippen molar-refractivity contribution in [2.24, 2.45) is 0 Å². The van der Waals surface area contributed by atoms with Crippen LogP contribution in [-0.2, 0) is 0 Å². The Hall–Kier alpha value is -2.36. The van der Waals surface area contributed by atoms with Gasteiger partial charge in [0, 0.05) is 5.27 Å². The lowest BCUT2D eigenvalue weighted by molar-refractivity contribution is 0.309. The highest BCUT2D eigenvalue weighted by Crippen LogP contribution is 2.36. The number of rotatable bonds is 5. The highest BCUT2D eigenvalue weighted by molar-refractivity contribution is 5.98. The molecule has 4 heteroatoms. The van der Waals surface area contributed by atoms with E-state index in [1.54, 1.807) is 6.20 Å². The van der Waals surface area contributed by atoms with Crippen molar-refractivity contribution in [1.29, 1.82) is 0 Å². The minimum atomic E-state index is 0.633. The van der Waals surface area contributed by atoms with E-state index in [1.165, 1.54) is 0 Å². The quantitative estimate of drug-likeness (QED) is 0.654. The van der Waals surface area contributed by atoms with E-state index in [-0.39, 0.29) is 0 Å². The first-order valence-electron chi connectivity index (χ1n) is 6.82. The Balaban J connectivity index is 2.11. The lowest BCUT2D eigenvalue weighted by Gasteiger charge is -2.11. The molecule has 0 fully saturated rings. The molecule has 102 valence electrons. The second-order valence-electron chi connectivity index (χ2n) is 4.64. The number of fused-ring (bicyclic) bond motifs is 1. The number of aromatic nitrogens is 2. The summed E-state index contributed by atoms with van der Waals surface area (Å²) in [5, 5.41) is 9.56. The van der Waals surface area contributed by atoms with Gasteiger partial charge >= 0.3 is 0 Å². The van der Waals surface area contributed by atoms with E-state index in [0.717, 1.165) is 34.9 Å². The summed E-state index contributed by atoms with van der Waals surface area (Å²) >= 11 is 0. The Kier molecular flexibility index (Phi) is 3.63. The third kappa shape index (κ3) is 2.37. The van der Waals surface area contributed by atoms with Crippen LogP contribution in [0.15, 0.2) is 47.1 Å². The average molecular weight is 268 g/mol. The summed E-state index contributed by atoms with van der Waals surface area (Å²) in [6.45, 7) is 2.84. The van der Waals surface area contributed by atoms with Gasteiger partial charge in [-0.2, -0.15) is 0 Å². The number of hydrogen-bond acceptors (Lipinski definition) is 4. The zero-order chi connectivity index (χ0) is 13.8. The van der Waals surface area contributed by atoms with Crippen LogP contribution in [0.25, 0.3) is 22.1 Å². The van der Waals surface area contributed by atoms with E-state index in [0.29, 0.717) is 12.4 Å². The van der Waals surface area contributed by atoms with Gasteiger partial charge in [0.05, 0.1) is 18.4 Å². The summed E-state index contributed by atoms with van der Waals surface area (Å²) in [6, 6.07) is 12.2. The molecular weight excluding hydrogens is 252 g/mol. The second kappa shape index (κ2) is 5.74. The van der Waals surface area contributed by atoms with E-state index in [9.17, 15) is 0 Å². The molecular formula is C16H16N2O2. The normalized spacial score (nSPS) is 10.8. The molecule has 0 saturated heterocycles. The zero-order valence-electron chi connectivity index (χ0n) is 11.4. The highest BCUT2D eigenvalue weighted by atomic mass is 16.5. The molecule has 0 aliphatic rings. The topological polar surface area (TPSA) is 48.2 Å². The summed E-state index contributed by atoms with van der Waals surface area (Å²) in [5.41, 5.74) is 0.921. The van der Waals surface area contributed by atoms with Gasteiger partial charge < -0.3 is 9.26 Å². The number of unbranched alkanes of at least 4 members (excludes halogenated alkanes) is 1. The SMILES string of the molecule is CCCCOc1ccc2ccccc2c1-c1cnno1. The second-order valence-corrected chi connectivity index (χ2v) is 4.64. The van der Waals surface area contributed by atoms with Gasteiger partial charge in [-0.05, 0) is 23.3 Å². The van der Waals surface area contributed by atoms with Crippen molar-refractivity contribution in [1.82, 2.24) is 10.4 Å². The Labute approximate surface area is 117 Å². The fourth-order valence-corrected chi connectivity index (χ4v) is 2.23. The molecule has 3 rings (SSSR count). The molecule has 1 aromatic heterocycles. The molecule has 4 nitrogen and oxygen atoms in total. The fraction of sp³-hybridized carbons (Fsp3) is 0.250. The van der Waals surface area contributed by atoms with Crippen LogP contribution in [0.2, 0.25) is 0 Å². The molecule has 0 saturated carbocycles. The van der Waals surface area contributed by atoms with Crippen molar-refractivity contribution in [3.8, 4) is 17.1 Å². The van der Waals surface area contributed by atoms with Crippen LogP contribution in [-0.4, -0.2) is 17.0 Å². The van der Waals surface area contributed by atoms with Crippen LogP contribution >= 0.6 is 0 Å². The Morgan fingerprint density at radius 2 is 2.05 bits per heavy atom. The van der Waals surface area contributed by atoms with Gasteiger partial charge in [-0.3, -0.25) is 0 Å². The molecule has 0 amide bonds. The molecule has 0 bridgehead atoms.